The number of methoxy groups -OCH3 is 1. The second-order valence-corrected chi connectivity index (χ2v) is 9.04. The number of amides is 1. The summed E-state index contributed by atoms with van der Waals surface area (Å²) in [7, 11) is 1.56. The van der Waals surface area contributed by atoms with E-state index in [1.807, 2.05) is 13.0 Å². The van der Waals surface area contributed by atoms with Gasteiger partial charge in [0.1, 0.15) is 17.2 Å². The number of halogens is 1. The van der Waals surface area contributed by atoms with Crippen molar-refractivity contribution in [3.8, 4) is 5.88 Å². The third-order valence-corrected chi connectivity index (χ3v) is 6.77. The molecule has 5 rings (SSSR count). The summed E-state index contributed by atoms with van der Waals surface area (Å²) in [6.45, 7) is 5.73. The summed E-state index contributed by atoms with van der Waals surface area (Å²) in [5.74, 6) is 1.84. The fourth-order valence-electron chi connectivity index (χ4n) is 4.76. The summed E-state index contributed by atoms with van der Waals surface area (Å²) in [6, 6.07) is 3.93. The van der Waals surface area contributed by atoms with Crippen LogP contribution in [0.3, 0.4) is 0 Å². The third kappa shape index (κ3) is 5.63. The molecular formula is C24H31ClN8O3. The Morgan fingerprint density at radius 2 is 1.92 bits per heavy atom. The molecule has 0 aliphatic carbocycles. The summed E-state index contributed by atoms with van der Waals surface area (Å²) >= 11 is 0. The molecule has 192 valence electrons. The molecule has 0 spiro atoms. The largest absolute Gasteiger partial charge is 0.481 e. The van der Waals surface area contributed by atoms with Gasteiger partial charge in [0, 0.05) is 42.9 Å². The number of rotatable bonds is 7. The van der Waals surface area contributed by atoms with Crippen LogP contribution in [0.1, 0.15) is 36.3 Å². The van der Waals surface area contributed by atoms with Crippen LogP contribution >= 0.6 is 12.4 Å². The van der Waals surface area contributed by atoms with Gasteiger partial charge in [-0.25, -0.2) is 15.0 Å². The number of aromatic nitrogens is 5. The van der Waals surface area contributed by atoms with Gasteiger partial charge in [0.15, 0.2) is 5.65 Å². The average molecular weight is 515 g/mol. The zero-order chi connectivity index (χ0) is 24.4. The Hall–Kier alpha value is -3.15. The highest BCUT2D eigenvalue weighted by molar-refractivity contribution is 5.92. The van der Waals surface area contributed by atoms with Crippen molar-refractivity contribution >= 4 is 35.3 Å². The maximum atomic E-state index is 12.5. The van der Waals surface area contributed by atoms with Crippen molar-refractivity contribution in [2.45, 2.75) is 51.7 Å². The number of carbonyl (C=O) groups excluding carboxylic acids is 1. The molecule has 12 heteroatoms. The van der Waals surface area contributed by atoms with Crippen molar-refractivity contribution in [2.24, 2.45) is 0 Å². The second-order valence-electron chi connectivity index (χ2n) is 9.04. The van der Waals surface area contributed by atoms with E-state index in [-0.39, 0.29) is 23.9 Å². The maximum Gasteiger partial charge on any atom is 0.270 e. The lowest BCUT2D eigenvalue weighted by molar-refractivity contribution is -0.116. The van der Waals surface area contributed by atoms with Crippen molar-refractivity contribution in [1.82, 2.24) is 34.7 Å². The van der Waals surface area contributed by atoms with Gasteiger partial charge in [-0.1, -0.05) is 0 Å². The summed E-state index contributed by atoms with van der Waals surface area (Å²) in [5, 5.41) is 6.44. The molecule has 0 bridgehead atoms. The summed E-state index contributed by atoms with van der Waals surface area (Å²) < 4.78 is 6.89. The number of hydrogen-bond donors (Lipinski definition) is 2. The summed E-state index contributed by atoms with van der Waals surface area (Å²) in [6.07, 6.45) is 4.54. The number of aryl methyl sites for hydroxylation is 1. The first-order valence-corrected chi connectivity index (χ1v) is 12.0. The molecule has 36 heavy (non-hydrogen) atoms. The molecule has 0 unspecified atom stereocenters. The van der Waals surface area contributed by atoms with E-state index >= 15 is 0 Å². The Morgan fingerprint density at radius 1 is 1.11 bits per heavy atom. The smallest absolute Gasteiger partial charge is 0.270 e. The fourth-order valence-corrected chi connectivity index (χ4v) is 4.76. The zero-order valence-electron chi connectivity index (χ0n) is 20.5. The average Bonchev–Trinajstić information content (AvgIpc) is 2.87. The molecule has 0 saturated carbocycles. The van der Waals surface area contributed by atoms with Gasteiger partial charge in [0.2, 0.25) is 11.8 Å². The van der Waals surface area contributed by atoms with Crippen molar-refractivity contribution < 1.29 is 9.53 Å². The monoisotopic (exact) mass is 514 g/mol. The van der Waals surface area contributed by atoms with Gasteiger partial charge >= 0.3 is 0 Å². The van der Waals surface area contributed by atoms with Crippen LogP contribution in [0, 0.1) is 6.92 Å². The molecule has 1 fully saturated rings. The molecule has 2 aliphatic heterocycles. The van der Waals surface area contributed by atoms with Gasteiger partial charge in [-0.3, -0.25) is 14.2 Å². The van der Waals surface area contributed by atoms with Crippen LogP contribution in [0.25, 0.3) is 11.2 Å². The first kappa shape index (κ1) is 25.9. The lowest BCUT2D eigenvalue weighted by Gasteiger charge is -2.32. The summed E-state index contributed by atoms with van der Waals surface area (Å²) in [4.78, 5) is 44.4. The highest BCUT2D eigenvalue weighted by Gasteiger charge is 2.22. The zero-order valence-corrected chi connectivity index (χ0v) is 21.3. The molecule has 3 aromatic rings. The molecule has 0 aromatic carbocycles. The normalized spacial score (nSPS) is 16.3. The molecule has 3 aromatic heterocycles. The van der Waals surface area contributed by atoms with Gasteiger partial charge in [0.05, 0.1) is 19.9 Å². The Kier molecular flexibility index (Phi) is 8.12. The molecule has 2 aliphatic rings. The number of nitrogens with one attached hydrogen (secondary N) is 2. The van der Waals surface area contributed by atoms with Crippen LogP contribution in [-0.4, -0.2) is 68.1 Å². The number of ether oxygens (including phenoxy) is 1. The lowest BCUT2D eigenvalue weighted by atomic mass is 10.0. The first-order valence-electron chi connectivity index (χ1n) is 12.0. The van der Waals surface area contributed by atoms with E-state index in [9.17, 15) is 9.59 Å². The maximum absolute atomic E-state index is 12.5. The van der Waals surface area contributed by atoms with Crippen molar-refractivity contribution in [3.63, 3.8) is 0 Å². The van der Waals surface area contributed by atoms with Gasteiger partial charge in [0.25, 0.3) is 5.56 Å². The molecule has 0 atom stereocenters. The number of carbonyl (C=O) groups is 1. The van der Waals surface area contributed by atoms with Gasteiger partial charge in [-0.05, 0) is 45.3 Å². The Bertz CT molecular complexity index is 1310. The van der Waals surface area contributed by atoms with Crippen LogP contribution in [0.4, 0.5) is 5.82 Å². The van der Waals surface area contributed by atoms with E-state index in [4.69, 9.17) is 4.74 Å². The number of nitrogens with zero attached hydrogens (tertiary/aromatic N) is 6. The number of anilines is 1. The number of hydrogen-bond acceptors (Lipinski definition) is 9. The van der Waals surface area contributed by atoms with Crippen molar-refractivity contribution in [2.75, 3.05) is 32.1 Å². The van der Waals surface area contributed by atoms with Gasteiger partial charge in [-0.2, -0.15) is 4.98 Å². The Morgan fingerprint density at radius 3 is 2.69 bits per heavy atom. The van der Waals surface area contributed by atoms with E-state index < -0.39 is 0 Å². The Balaban J connectivity index is 0.00000304. The van der Waals surface area contributed by atoms with Crippen LogP contribution in [0.5, 0.6) is 5.88 Å². The molecular weight excluding hydrogens is 484 g/mol. The van der Waals surface area contributed by atoms with Crippen LogP contribution in [-0.2, 0) is 24.3 Å². The highest BCUT2D eigenvalue weighted by Crippen LogP contribution is 2.23. The number of piperidine rings is 1. The summed E-state index contributed by atoms with van der Waals surface area (Å²) in [5.41, 5.74) is 3.03. The number of fused-ring (bicyclic) bond motifs is 2. The van der Waals surface area contributed by atoms with Crippen LogP contribution in [0.15, 0.2) is 23.1 Å². The molecule has 5 heterocycles. The van der Waals surface area contributed by atoms with Gasteiger partial charge < -0.3 is 20.3 Å². The molecule has 0 radical (unpaired) electrons. The molecule has 1 saturated heterocycles. The molecule has 1 amide bonds. The predicted molar refractivity (Wildman–Crippen MR) is 138 cm³/mol. The van der Waals surface area contributed by atoms with E-state index in [0.717, 1.165) is 43.7 Å². The van der Waals surface area contributed by atoms with Crippen molar-refractivity contribution in [3.05, 3.63) is 45.8 Å². The number of likely N-dealkylation sites (tertiary alicyclic amines) is 1. The molecule has 2 N–H and O–H groups in total. The Labute approximate surface area is 215 Å². The lowest BCUT2D eigenvalue weighted by Crippen LogP contribution is -2.43. The van der Waals surface area contributed by atoms with E-state index in [0.29, 0.717) is 60.7 Å². The third-order valence-electron chi connectivity index (χ3n) is 6.77. The number of pyridine rings is 1. The molecule has 11 nitrogen and oxygen atoms in total. The highest BCUT2D eigenvalue weighted by atomic mass is 35.5. The minimum absolute atomic E-state index is 0. The fraction of sp³-hybridized carbons (Fsp3) is 0.500. The second kappa shape index (κ2) is 11.3. The van der Waals surface area contributed by atoms with Crippen LogP contribution in [0.2, 0.25) is 0 Å². The van der Waals surface area contributed by atoms with Gasteiger partial charge in [-0.15, -0.1) is 12.4 Å². The topological polar surface area (TPSA) is 127 Å². The standard InChI is InChI=1S/C24H30N8O3.ClH/c1-15-17-3-5-20(33)29-23(17)28-19(27-15)13-25-16-7-9-31(10-8-16)11-12-32-22(34)14-26-18-4-6-21(35-2)30-24(18)32;/h4,6,14,16,25H,3,5,7-13H2,1-2H3,(H,27,28,29,33);1H. The quantitative estimate of drug-likeness (QED) is 0.481. The first-order chi connectivity index (χ1) is 17.0. The predicted octanol–water partition coefficient (Wildman–Crippen LogP) is 1.46. The van der Waals surface area contributed by atoms with Crippen LogP contribution < -0.4 is 20.9 Å². The minimum Gasteiger partial charge on any atom is -0.481 e. The SMILES string of the molecule is COc1ccc2ncc(=O)n(CCN3CCC(NCc4nc(C)c5c(n4)NC(=O)CC5)CC3)c2n1.Cl. The minimum atomic E-state index is -0.161. The van der Waals surface area contributed by atoms with E-state index in [2.05, 4.69) is 35.5 Å². The van der Waals surface area contributed by atoms with Crippen molar-refractivity contribution in [1.29, 1.82) is 0 Å². The van der Waals surface area contributed by atoms with E-state index in [1.54, 1.807) is 17.7 Å². The van der Waals surface area contributed by atoms with E-state index in [1.165, 1.54) is 6.20 Å².